The second-order valence-corrected chi connectivity index (χ2v) is 11.4. The zero-order valence-electron chi connectivity index (χ0n) is 20.2. The molecule has 0 bridgehead atoms. The lowest BCUT2D eigenvalue weighted by atomic mass is 9.94. The highest BCUT2D eigenvalue weighted by atomic mass is 32.2. The van der Waals surface area contributed by atoms with Crippen molar-refractivity contribution in [3.8, 4) is 5.75 Å². The Morgan fingerprint density at radius 2 is 1.74 bits per heavy atom. The number of carbonyl (C=O) groups is 1. The molecule has 0 aromatic heterocycles. The van der Waals surface area contributed by atoms with E-state index in [0.717, 1.165) is 48.0 Å². The molecule has 1 N–H and O–H groups in total. The average Bonchev–Trinajstić information content (AvgIpc) is 3.39. The predicted molar refractivity (Wildman–Crippen MR) is 129 cm³/mol. The Kier molecular flexibility index (Phi) is 8.38. The van der Waals surface area contributed by atoms with Gasteiger partial charge in [0, 0.05) is 12.0 Å². The SMILES string of the molecule is C[N+]1(C)CCC(OC(=O)Cc2cccc(C3CCCC3)c2O)C1.Cc1ccc(S(=O)(=O)[O-])cc1. The summed E-state index contributed by atoms with van der Waals surface area (Å²) in [6.07, 6.45) is 5.83. The third kappa shape index (κ3) is 7.29. The molecule has 4 rings (SSSR count). The second kappa shape index (κ2) is 10.9. The summed E-state index contributed by atoms with van der Waals surface area (Å²) in [6, 6.07) is 11.6. The van der Waals surface area contributed by atoms with Gasteiger partial charge in [-0.3, -0.25) is 4.79 Å². The lowest BCUT2D eigenvalue weighted by Gasteiger charge is -2.23. The molecule has 7 nitrogen and oxygen atoms in total. The maximum atomic E-state index is 12.2. The van der Waals surface area contributed by atoms with Crippen LogP contribution in [-0.4, -0.2) is 61.8 Å². The van der Waals surface area contributed by atoms with Crippen LogP contribution in [0.25, 0.3) is 0 Å². The first kappa shape index (κ1) is 26.2. The molecule has 2 aliphatic rings. The summed E-state index contributed by atoms with van der Waals surface area (Å²) < 4.78 is 37.7. The fraction of sp³-hybridized carbons (Fsp3) is 0.500. The third-order valence-corrected chi connectivity index (χ3v) is 7.49. The maximum absolute atomic E-state index is 12.2. The van der Waals surface area contributed by atoms with Crippen LogP contribution in [0.4, 0.5) is 0 Å². The molecule has 1 saturated carbocycles. The largest absolute Gasteiger partial charge is 0.744 e. The number of benzene rings is 2. The van der Waals surface area contributed by atoms with Crippen LogP contribution >= 0.6 is 0 Å². The maximum Gasteiger partial charge on any atom is 0.310 e. The number of quaternary nitrogens is 1. The molecule has 8 heteroatoms. The fourth-order valence-electron chi connectivity index (χ4n) is 4.73. The minimum atomic E-state index is -4.27. The first-order chi connectivity index (χ1) is 15.9. The van der Waals surface area contributed by atoms with Crippen molar-refractivity contribution in [2.45, 2.75) is 62.4 Å². The van der Waals surface area contributed by atoms with Crippen LogP contribution in [0.2, 0.25) is 0 Å². The summed E-state index contributed by atoms with van der Waals surface area (Å²) in [7, 11) is 0.0454. The number of nitrogens with zero attached hydrogens (tertiary/aromatic N) is 1. The summed E-state index contributed by atoms with van der Waals surface area (Å²) >= 11 is 0. The Hall–Kier alpha value is -2.42. The number of likely N-dealkylation sites (N-methyl/N-ethyl adjacent to an activating group) is 1. The summed E-state index contributed by atoms with van der Waals surface area (Å²) in [5, 5.41) is 10.5. The highest BCUT2D eigenvalue weighted by molar-refractivity contribution is 7.85. The highest BCUT2D eigenvalue weighted by Crippen LogP contribution is 2.39. The fourth-order valence-corrected chi connectivity index (χ4v) is 5.20. The number of ether oxygens (including phenoxy) is 1. The van der Waals surface area contributed by atoms with Gasteiger partial charge in [-0.05, 0) is 43.4 Å². The molecule has 1 saturated heterocycles. The van der Waals surface area contributed by atoms with Crippen LogP contribution < -0.4 is 0 Å². The van der Waals surface area contributed by atoms with Gasteiger partial charge in [0.1, 0.15) is 22.4 Å². The number of para-hydroxylation sites is 1. The van der Waals surface area contributed by atoms with Crippen LogP contribution in [0.3, 0.4) is 0 Å². The van der Waals surface area contributed by atoms with Gasteiger partial charge in [-0.1, -0.05) is 48.7 Å². The average molecular weight is 490 g/mol. The van der Waals surface area contributed by atoms with Crippen molar-refractivity contribution in [3.63, 3.8) is 0 Å². The van der Waals surface area contributed by atoms with Crippen molar-refractivity contribution >= 4 is 16.1 Å². The van der Waals surface area contributed by atoms with Crippen LogP contribution in [-0.2, 0) is 26.1 Å². The van der Waals surface area contributed by atoms with Gasteiger partial charge in [-0.15, -0.1) is 0 Å². The first-order valence-electron chi connectivity index (χ1n) is 11.8. The van der Waals surface area contributed by atoms with E-state index in [4.69, 9.17) is 4.74 Å². The van der Waals surface area contributed by atoms with E-state index in [9.17, 15) is 22.9 Å². The number of aromatic hydroxyl groups is 1. The number of hydrogen-bond donors (Lipinski definition) is 1. The predicted octanol–water partition coefficient (Wildman–Crippen LogP) is 3.88. The van der Waals surface area contributed by atoms with Gasteiger partial charge in [-0.25, -0.2) is 8.42 Å². The van der Waals surface area contributed by atoms with Gasteiger partial charge in [0.2, 0.25) is 0 Å². The summed E-state index contributed by atoms with van der Waals surface area (Å²) in [5.74, 6) is 0.522. The van der Waals surface area contributed by atoms with Gasteiger partial charge in [0.25, 0.3) is 0 Å². The third-order valence-electron chi connectivity index (χ3n) is 6.64. The summed E-state index contributed by atoms with van der Waals surface area (Å²) in [4.78, 5) is 12.0. The molecule has 1 unspecified atom stereocenters. The Bertz CT molecular complexity index is 1090. The summed E-state index contributed by atoms with van der Waals surface area (Å²) in [6.45, 7) is 3.74. The van der Waals surface area contributed by atoms with E-state index < -0.39 is 10.1 Å². The molecule has 1 aliphatic carbocycles. The van der Waals surface area contributed by atoms with Crippen molar-refractivity contribution in [1.29, 1.82) is 0 Å². The minimum absolute atomic E-state index is 0.0117. The number of likely N-dealkylation sites (tertiary alicyclic amines) is 1. The quantitative estimate of drug-likeness (QED) is 0.388. The van der Waals surface area contributed by atoms with E-state index in [0.29, 0.717) is 17.2 Å². The number of aryl methyl sites for hydroxylation is 1. The number of esters is 1. The second-order valence-electron chi connectivity index (χ2n) is 10.0. The van der Waals surface area contributed by atoms with Gasteiger partial charge < -0.3 is 18.9 Å². The van der Waals surface area contributed by atoms with E-state index in [1.54, 1.807) is 12.1 Å². The van der Waals surface area contributed by atoms with Gasteiger partial charge in [0.05, 0.1) is 32.0 Å². The number of hydrogen-bond acceptors (Lipinski definition) is 6. The molecular formula is C26H35NO6S. The van der Waals surface area contributed by atoms with Crippen molar-refractivity contribution in [2.75, 3.05) is 27.2 Å². The first-order valence-corrected chi connectivity index (χ1v) is 13.2. The Morgan fingerprint density at radius 1 is 1.09 bits per heavy atom. The number of phenolic OH excluding ortho intramolecular Hbond substituents is 1. The van der Waals surface area contributed by atoms with Crippen molar-refractivity contribution < 1.29 is 32.1 Å². The molecule has 1 aliphatic heterocycles. The van der Waals surface area contributed by atoms with Crippen molar-refractivity contribution in [3.05, 3.63) is 59.2 Å². The van der Waals surface area contributed by atoms with Crippen LogP contribution in [0.15, 0.2) is 47.4 Å². The molecule has 1 atom stereocenters. The number of carbonyl (C=O) groups excluding carboxylic acids is 1. The zero-order chi connectivity index (χ0) is 24.9. The number of phenols is 1. The van der Waals surface area contributed by atoms with Gasteiger partial charge >= 0.3 is 5.97 Å². The van der Waals surface area contributed by atoms with E-state index in [2.05, 4.69) is 14.1 Å². The smallest absolute Gasteiger partial charge is 0.310 e. The Balaban J connectivity index is 0.000000248. The molecule has 0 spiro atoms. The van der Waals surface area contributed by atoms with Gasteiger partial charge in [0.15, 0.2) is 6.10 Å². The van der Waals surface area contributed by atoms with Crippen LogP contribution in [0, 0.1) is 6.92 Å². The van der Waals surface area contributed by atoms with Crippen LogP contribution in [0.5, 0.6) is 5.75 Å². The molecule has 2 aromatic rings. The van der Waals surface area contributed by atoms with E-state index in [-0.39, 0.29) is 23.4 Å². The van der Waals surface area contributed by atoms with Gasteiger partial charge in [-0.2, -0.15) is 0 Å². The standard InChI is InChI=1S/C19H27NO3.C7H8O3S/c1-20(2)11-10-16(13-20)23-18(21)12-15-8-5-9-17(19(15)22)14-6-3-4-7-14;1-6-2-4-7(5-3-6)11(8,9)10/h5,8-9,14,16H,3-4,6-7,10-13H2,1-2H3;2-5H,1H3,(H,8,9,10). The topological polar surface area (TPSA) is 104 Å². The normalized spacial score (nSPS) is 19.9. The molecule has 2 fully saturated rings. The molecule has 186 valence electrons. The van der Waals surface area contributed by atoms with Crippen molar-refractivity contribution in [1.82, 2.24) is 0 Å². The zero-order valence-corrected chi connectivity index (χ0v) is 21.0. The Labute approximate surface area is 202 Å². The van der Waals surface area contributed by atoms with E-state index in [1.165, 1.54) is 25.0 Å². The lowest BCUT2D eigenvalue weighted by molar-refractivity contribution is -0.879. The molecule has 1 heterocycles. The molecule has 0 radical (unpaired) electrons. The highest BCUT2D eigenvalue weighted by Gasteiger charge is 2.33. The van der Waals surface area contributed by atoms with Crippen molar-refractivity contribution in [2.24, 2.45) is 0 Å². The van der Waals surface area contributed by atoms with E-state index >= 15 is 0 Å². The molecular weight excluding hydrogens is 454 g/mol. The lowest BCUT2D eigenvalue weighted by Crippen LogP contribution is -2.38. The molecule has 34 heavy (non-hydrogen) atoms. The molecule has 0 amide bonds. The summed E-state index contributed by atoms with van der Waals surface area (Å²) in [5.41, 5.74) is 2.63. The molecule has 2 aromatic carbocycles. The van der Waals surface area contributed by atoms with E-state index in [1.807, 2.05) is 25.1 Å². The monoisotopic (exact) mass is 489 g/mol. The minimum Gasteiger partial charge on any atom is -0.744 e. The number of rotatable bonds is 5. The Morgan fingerprint density at radius 3 is 2.29 bits per heavy atom. The van der Waals surface area contributed by atoms with Crippen LogP contribution in [0.1, 0.15) is 54.7 Å².